The molecule has 0 radical (unpaired) electrons. The summed E-state index contributed by atoms with van der Waals surface area (Å²) in [6, 6.07) is 3.84. The van der Waals surface area contributed by atoms with E-state index in [1.807, 2.05) is 19.1 Å². The van der Waals surface area contributed by atoms with Crippen LogP contribution in [-0.2, 0) is 0 Å². The normalized spacial score (nSPS) is 10.9. The summed E-state index contributed by atoms with van der Waals surface area (Å²) in [7, 11) is 0. The first-order chi connectivity index (χ1) is 10.1. The van der Waals surface area contributed by atoms with Crippen molar-refractivity contribution in [1.29, 1.82) is 0 Å². The molecule has 2 heterocycles. The SMILES string of the molecule is CCCNc1cc(Sc2nccc(C)n2)nc(C(C)C)n1. The van der Waals surface area contributed by atoms with Crippen molar-refractivity contribution in [2.24, 2.45) is 0 Å². The summed E-state index contributed by atoms with van der Waals surface area (Å²) in [4.78, 5) is 17.8. The van der Waals surface area contributed by atoms with Crippen molar-refractivity contribution in [2.45, 2.75) is 50.2 Å². The second-order valence-corrected chi connectivity index (χ2v) is 6.10. The van der Waals surface area contributed by atoms with Crippen LogP contribution in [0.15, 0.2) is 28.5 Å². The maximum Gasteiger partial charge on any atom is 0.194 e. The number of hydrogen-bond donors (Lipinski definition) is 1. The standard InChI is InChI=1S/C15H21N5S/c1-5-7-16-12-9-13(20-14(19-12)10(2)3)21-15-17-8-6-11(4)18-15/h6,8-10H,5,7H2,1-4H3,(H,16,19,20). The van der Waals surface area contributed by atoms with E-state index < -0.39 is 0 Å². The molecule has 21 heavy (non-hydrogen) atoms. The molecule has 5 nitrogen and oxygen atoms in total. The third-order valence-corrected chi connectivity index (χ3v) is 3.56. The van der Waals surface area contributed by atoms with Crippen molar-refractivity contribution in [1.82, 2.24) is 19.9 Å². The molecule has 112 valence electrons. The minimum atomic E-state index is 0.283. The molecule has 0 fully saturated rings. The largest absolute Gasteiger partial charge is 0.370 e. The molecule has 2 aromatic rings. The van der Waals surface area contributed by atoms with Gasteiger partial charge in [-0.05, 0) is 31.2 Å². The lowest BCUT2D eigenvalue weighted by atomic mass is 10.2. The number of rotatable bonds is 6. The van der Waals surface area contributed by atoms with E-state index in [1.165, 1.54) is 11.8 Å². The van der Waals surface area contributed by atoms with Gasteiger partial charge in [0.25, 0.3) is 0 Å². The second-order valence-electron chi connectivity index (χ2n) is 5.11. The molecule has 0 amide bonds. The average molecular weight is 303 g/mol. The van der Waals surface area contributed by atoms with Gasteiger partial charge in [0.05, 0.1) is 0 Å². The van der Waals surface area contributed by atoms with Gasteiger partial charge in [-0.1, -0.05) is 20.8 Å². The lowest BCUT2D eigenvalue weighted by Gasteiger charge is -2.10. The number of nitrogens with one attached hydrogen (secondary N) is 1. The van der Waals surface area contributed by atoms with Crippen molar-refractivity contribution in [3.63, 3.8) is 0 Å². The van der Waals surface area contributed by atoms with Crippen LogP contribution in [0.3, 0.4) is 0 Å². The predicted octanol–water partition coefficient (Wildman–Crippen LogP) is 3.67. The maximum atomic E-state index is 4.60. The smallest absolute Gasteiger partial charge is 0.194 e. The Kier molecular flexibility index (Phi) is 5.50. The lowest BCUT2D eigenvalue weighted by molar-refractivity contribution is 0.752. The van der Waals surface area contributed by atoms with Crippen LogP contribution < -0.4 is 5.32 Å². The van der Waals surface area contributed by atoms with E-state index in [0.717, 1.165) is 35.3 Å². The van der Waals surface area contributed by atoms with Crippen LogP contribution in [0.5, 0.6) is 0 Å². The molecule has 2 aromatic heterocycles. The topological polar surface area (TPSA) is 63.6 Å². The lowest BCUT2D eigenvalue weighted by Crippen LogP contribution is -2.07. The Balaban J connectivity index is 2.26. The van der Waals surface area contributed by atoms with Crippen molar-refractivity contribution in [3.8, 4) is 0 Å². The van der Waals surface area contributed by atoms with Gasteiger partial charge in [-0.25, -0.2) is 19.9 Å². The molecule has 0 bridgehead atoms. The summed E-state index contributed by atoms with van der Waals surface area (Å²) < 4.78 is 0. The Morgan fingerprint density at radius 1 is 1.24 bits per heavy atom. The molecular formula is C15H21N5S. The van der Waals surface area contributed by atoms with E-state index in [2.05, 4.69) is 46.0 Å². The average Bonchev–Trinajstić information content (AvgIpc) is 2.45. The molecule has 0 saturated carbocycles. The van der Waals surface area contributed by atoms with E-state index in [9.17, 15) is 0 Å². The van der Waals surface area contributed by atoms with Gasteiger partial charge in [0.15, 0.2) is 5.16 Å². The molecular weight excluding hydrogens is 282 g/mol. The Bertz CT molecular complexity index is 600. The van der Waals surface area contributed by atoms with Crippen LogP contribution in [0.4, 0.5) is 5.82 Å². The quantitative estimate of drug-likeness (QED) is 0.649. The summed E-state index contributed by atoms with van der Waals surface area (Å²) in [5, 5.41) is 4.91. The summed E-state index contributed by atoms with van der Waals surface area (Å²) in [5.41, 5.74) is 0.954. The Morgan fingerprint density at radius 3 is 2.71 bits per heavy atom. The first-order valence-corrected chi connectivity index (χ1v) is 8.00. The second kappa shape index (κ2) is 7.36. The molecule has 6 heteroatoms. The highest BCUT2D eigenvalue weighted by molar-refractivity contribution is 7.99. The predicted molar refractivity (Wildman–Crippen MR) is 85.8 cm³/mol. The summed E-state index contributed by atoms with van der Waals surface area (Å²) in [6.45, 7) is 9.18. The highest BCUT2D eigenvalue weighted by atomic mass is 32.2. The van der Waals surface area contributed by atoms with E-state index in [-0.39, 0.29) is 5.92 Å². The van der Waals surface area contributed by atoms with Crippen LogP contribution in [-0.4, -0.2) is 26.5 Å². The fourth-order valence-electron chi connectivity index (χ4n) is 1.67. The molecule has 0 aromatic carbocycles. The first kappa shape index (κ1) is 15.7. The van der Waals surface area contributed by atoms with Crippen LogP contribution in [0.2, 0.25) is 0 Å². The van der Waals surface area contributed by atoms with Gasteiger partial charge in [-0.15, -0.1) is 0 Å². The van der Waals surface area contributed by atoms with Gasteiger partial charge < -0.3 is 5.32 Å². The number of aromatic nitrogens is 4. The minimum absolute atomic E-state index is 0.283. The molecule has 0 aliphatic rings. The molecule has 1 N–H and O–H groups in total. The summed E-state index contributed by atoms with van der Waals surface area (Å²) in [5.74, 6) is 1.99. The Hall–Kier alpha value is -1.69. The van der Waals surface area contributed by atoms with E-state index in [4.69, 9.17) is 0 Å². The summed E-state index contributed by atoms with van der Waals surface area (Å²) >= 11 is 1.47. The van der Waals surface area contributed by atoms with E-state index in [1.54, 1.807) is 6.20 Å². The third-order valence-electron chi connectivity index (χ3n) is 2.76. The minimum Gasteiger partial charge on any atom is -0.370 e. The molecule has 0 spiro atoms. The first-order valence-electron chi connectivity index (χ1n) is 7.19. The molecule has 0 unspecified atom stereocenters. The van der Waals surface area contributed by atoms with Crippen LogP contribution in [0.1, 0.15) is 44.6 Å². The number of aryl methyl sites for hydroxylation is 1. The Labute approximate surface area is 130 Å². The van der Waals surface area contributed by atoms with Gasteiger partial charge in [0.2, 0.25) is 0 Å². The highest BCUT2D eigenvalue weighted by Gasteiger charge is 2.10. The van der Waals surface area contributed by atoms with Crippen LogP contribution >= 0.6 is 11.8 Å². The van der Waals surface area contributed by atoms with Gasteiger partial charge in [0.1, 0.15) is 16.7 Å². The van der Waals surface area contributed by atoms with Gasteiger partial charge in [0, 0.05) is 30.4 Å². The molecule has 0 atom stereocenters. The van der Waals surface area contributed by atoms with Crippen molar-refractivity contribution in [2.75, 3.05) is 11.9 Å². The summed E-state index contributed by atoms with van der Waals surface area (Å²) in [6.07, 6.45) is 2.83. The van der Waals surface area contributed by atoms with Crippen LogP contribution in [0.25, 0.3) is 0 Å². The maximum absolute atomic E-state index is 4.60. The van der Waals surface area contributed by atoms with Gasteiger partial charge in [-0.2, -0.15) is 0 Å². The van der Waals surface area contributed by atoms with E-state index in [0.29, 0.717) is 5.16 Å². The van der Waals surface area contributed by atoms with Crippen molar-refractivity contribution >= 4 is 17.6 Å². The molecule has 0 aliphatic carbocycles. The van der Waals surface area contributed by atoms with Crippen molar-refractivity contribution < 1.29 is 0 Å². The third kappa shape index (κ3) is 4.67. The van der Waals surface area contributed by atoms with Gasteiger partial charge in [-0.3, -0.25) is 0 Å². The fraction of sp³-hybridized carbons (Fsp3) is 0.467. The van der Waals surface area contributed by atoms with Crippen molar-refractivity contribution in [3.05, 3.63) is 29.8 Å². The monoisotopic (exact) mass is 303 g/mol. The van der Waals surface area contributed by atoms with E-state index >= 15 is 0 Å². The number of anilines is 1. The fourth-order valence-corrected chi connectivity index (χ4v) is 2.47. The number of nitrogens with zero attached hydrogens (tertiary/aromatic N) is 4. The van der Waals surface area contributed by atoms with Crippen LogP contribution in [0, 0.1) is 6.92 Å². The molecule has 0 saturated heterocycles. The van der Waals surface area contributed by atoms with Gasteiger partial charge >= 0.3 is 0 Å². The zero-order valence-electron chi connectivity index (χ0n) is 12.9. The molecule has 0 aliphatic heterocycles. The molecule has 2 rings (SSSR count). The zero-order chi connectivity index (χ0) is 15.2. The zero-order valence-corrected chi connectivity index (χ0v) is 13.7. The number of hydrogen-bond acceptors (Lipinski definition) is 6. The Morgan fingerprint density at radius 2 is 2.05 bits per heavy atom. The highest BCUT2D eigenvalue weighted by Crippen LogP contribution is 2.26.